The van der Waals surface area contributed by atoms with Crippen LogP contribution in [-0.2, 0) is 21.2 Å². The molecule has 0 aliphatic carbocycles. The monoisotopic (exact) mass is 376 g/mol. The minimum Gasteiger partial charge on any atom is -0.493 e. The van der Waals surface area contributed by atoms with Crippen molar-refractivity contribution in [2.75, 3.05) is 40.0 Å². The molecule has 0 radical (unpaired) electrons. The molecule has 2 N–H and O–H groups in total. The van der Waals surface area contributed by atoms with Gasteiger partial charge in [-0.05, 0) is 49.7 Å². The number of sulfonamides is 1. The lowest BCUT2D eigenvalue weighted by Gasteiger charge is -2.37. The van der Waals surface area contributed by atoms with Crippen LogP contribution in [0.2, 0.25) is 0 Å². The maximum Gasteiger partial charge on any atom is 0.240 e. The fourth-order valence-corrected chi connectivity index (χ4v) is 4.50. The average Bonchev–Trinajstić information content (AvgIpc) is 3.02. The third-order valence-electron chi connectivity index (χ3n) is 4.72. The first-order valence-corrected chi connectivity index (χ1v) is 9.48. The predicted octanol–water partition coefficient (Wildman–Crippen LogP) is 1.34. The van der Waals surface area contributed by atoms with Crippen LogP contribution in [0.15, 0.2) is 23.1 Å². The van der Waals surface area contributed by atoms with Gasteiger partial charge in [0, 0.05) is 25.5 Å². The third kappa shape index (κ3) is 4.21. The number of piperidine rings is 1. The molecule has 0 amide bonds. The van der Waals surface area contributed by atoms with Crippen LogP contribution in [0.3, 0.4) is 0 Å². The highest BCUT2D eigenvalue weighted by atomic mass is 35.5. The Morgan fingerprint density at radius 3 is 2.79 bits per heavy atom. The van der Waals surface area contributed by atoms with Crippen molar-refractivity contribution < 1.29 is 17.9 Å². The molecule has 1 saturated heterocycles. The molecule has 24 heavy (non-hydrogen) atoms. The summed E-state index contributed by atoms with van der Waals surface area (Å²) in [5.74, 6) is 0.790. The average molecular weight is 377 g/mol. The molecule has 136 valence electrons. The minimum absolute atomic E-state index is 0. The fourth-order valence-electron chi connectivity index (χ4n) is 3.30. The van der Waals surface area contributed by atoms with Gasteiger partial charge >= 0.3 is 0 Å². The van der Waals surface area contributed by atoms with E-state index in [0.717, 1.165) is 43.7 Å². The first-order chi connectivity index (χ1) is 11.0. The Bertz CT molecular complexity index is 655. The molecule has 1 aromatic rings. The smallest absolute Gasteiger partial charge is 0.240 e. The highest BCUT2D eigenvalue weighted by molar-refractivity contribution is 7.89. The van der Waals surface area contributed by atoms with Gasteiger partial charge in [0.1, 0.15) is 5.75 Å². The predicted molar refractivity (Wildman–Crippen MR) is 94.5 cm³/mol. The second-order valence-electron chi connectivity index (χ2n) is 6.38. The summed E-state index contributed by atoms with van der Waals surface area (Å²) in [6.07, 6.45) is 2.57. The molecule has 0 saturated carbocycles. The Kier molecular flexibility index (Phi) is 6.50. The molecular weight excluding hydrogens is 352 g/mol. The second-order valence-corrected chi connectivity index (χ2v) is 8.14. The molecule has 8 heteroatoms. The maximum absolute atomic E-state index is 12.6. The Balaban J connectivity index is 0.00000208. The molecule has 2 heterocycles. The molecule has 2 aliphatic rings. The van der Waals surface area contributed by atoms with E-state index in [1.54, 1.807) is 25.3 Å². The topological polar surface area (TPSA) is 76.7 Å². The second kappa shape index (κ2) is 8.01. The first kappa shape index (κ1) is 19.5. The summed E-state index contributed by atoms with van der Waals surface area (Å²) in [5.41, 5.74) is 0.828. The van der Waals surface area contributed by atoms with E-state index in [1.165, 1.54) is 0 Å². The maximum atomic E-state index is 12.6. The van der Waals surface area contributed by atoms with Gasteiger partial charge in [-0.25, -0.2) is 13.1 Å². The van der Waals surface area contributed by atoms with Crippen LogP contribution in [0.4, 0.5) is 0 Å². The number of benzene rings is 1. The number of halogens is 1. The normalized spacial score (nSPS) is 19.2. The minimum atomic E-state index is -3.52. The Labute approximate surface area is 149 Å². The lowest BCUT2D eigenvalue weighted by Crippen LogP contribution is -2.47. The van der Waals surface area contributed by atoms with Crippen LogP contribution in [0, 0.1) is 5.41 Å². The highest BCUT2D eigenvalue weighted by Gasteiger charge is 2.33. The number of hydrogen-bond donors (Lipinski definition) is 2. The molecule has 0 aromatic heterocycles. The van der Waals surface area contributed by atoms with Crippen LogP contribution in [0.5, 0.6) is 5.75 Å². The zero-order valence-corrected chi connectivity index (χ0v) is 15.5. The van der Waals surface area contributed by atoms with Gasteiger partial charge in [-0.1, -0.05) is 0 Å². The lowest BCUT2D eigenvalue weighted by molar-refractivity contribution is 0.0577. The van der Waals surface area contributed by atoms with E-state index in [0.29, 0.717) is 24.7 Å². The molecular formula is C16H25ClN2O4S. The summed E-state index contributed by atoms with van der Waals surface area (Å²) in [6.45, 7) is 3.37. The highest BCUT2D eigenvalue weighted by Crippen LogP contribution is 2.30. The van der Waals surface area contributed by atoms with Crippen LogP contribution in [0.1, 0.15) is 18.4 Å². The molecule has 0 atom stereocenters. The van der Waals surface area contributed by atoms with E-state index >= 15 is 0 Å². The number of hydrogen-bond acceptors (Lipinski definition) is 5. The summed E-state index contributed by atoms with van der Waals surface area (Å²) in [7, 11) is -1.85. The van der Waals surface area contributed by atoms with Gasteiger partial charge in [-0.3, -0.25) is 0 Å². The quantitative estimate of drug-likeness (QED) is 0.783. The van der Waals surface area contributed by atoms with Crippen LogP contribution < -0.4 is 14.8 Å². The summed E-state index contributed by atoms with van der Waals surface area (Å²) in [4.78, 5) is 0.309. The van der Waals surface area contributed by atoms with E-state index in [1.807, 2.05) is 0 Å². The van der Waals surface area contributed by atoms with E-state index in [4.69, 9.17) is 9.47 Å². The molecule has 0 bridgehead atoms. The molecule has 3 rings (SSSR count). The van der Waals surface area contributed by atoms with Crippen molar-refractivity contribution in [2.45, 2.75) is 24.2 Å². The van der Waals surface area contributed by atoms with Gasteiger partial charge < -0.3 is 14.8 Å². The van der Waals surface area contributed by atoms with Crippen LogP contribution >= 0.6 is 12.4 Å². The van der Waals surface area contributed by atoms with Crippen molar-refractivity contribution in [1.29, 1.82) is 0 Å². The van der Waals surface area contributed by atoms with E-state index in [-0.39, 0.29) is 17.8 Å². The summed E-state index contributed by atoms with van der Waals surface area (Å²) in [6, 6.07) is 5.07. The van der Waals surface area contributed by atoms with Crippen molar-refractivity contribution >= 4 is 22.4 Å². The number of methoxy groups -OCH3 is 1. The van der Waals surface area contributed by atoms with Crippen LogP contribution in [-0.4, -0.2) is 48.4 Å². The molecule has 6 nitrogen and oxygen atoms in total. The van der Waals surface area contributed by atoms with E-state index in [9.17, 15) is 8.42 Å². The van der Waals surface area contributed by atoms with Crippen LogP contribution in [0.25, 0.3) is 0 Å². The van der Waals surface area contributed by atoms with Crippen molar-refractivity contribution in [3.05, 3.63) is 23.8 Å². The molecule has 0 unspecified atom stereocenters. The van der Waals surface area contributed by atoms with Crippen molar-refractivity contribution in [2.24, 2.45) is 5.41 Å². The van der Waals surface area contributed by atoms with Gasteiger partial charge in [0.15, 0.2) is 0 Å². The molecule has 0 spiro atoms. The van der Waals surface area contributed by atoms with Crippen molar-refractivity contribution in [3.63, 3.8) is 0 Å². The molecule has 1 aromatic carbocycles. The van der Waals surface area contributed by atoms with E-state index in [2.05, 4.69) is 10.0 Å². The molecule has 1 fully saturated rings. The number of fused-ring (bicyclic) bond motifs is 1. The largest absolute Gasteiger partial charge is 0.493 e. The van der Waals surface area contributed by atoms with Gasteiger partial charge in [0.2, 0.25) is 10.0 Å². The number of nitrogens with one attached hydrogen (secondary N) is 2. The van der Waals surface area contributed by atoms with Gasteiger partial charge in [-0.2, -0.15) is 0 Å². The number of ether oxygens (including phenoxy) is 2. The lowest BCUT2D eigenvalue weighted by atomic mass is 9.80. The third-order valence-corrected chi connectivity index (χ3v) is 6.12. The SMILES string of the molecule is COCC1(CNS(=O)(=O)c2ccc3c(c2)CCO3)CCNCC1.Cl. The molecule has 2 aliphatic heterocycles. The summed E-state index contributed by atoms with van der Waals surface area (Å²) < 4.78 is 38.8. The van der Waals surface area contributed by atoms with Gasteiger partial charge in [0.05, 0.1) is 18.1 Å². The zero-order chi connectivity index (χ0) is 16.3. The van der Waals surface area contributed by atoms with Crippen molar-refractivity contribution in [3.8, 4) is 5.75 Å². The van der Waals surface area contributed by atoms with Gasteiger partial charge in [0.25, 0.3) is 0 Å². The fraction of sp³-hybridized carbons (Fsp3) is 0.625. The zero-order valence-electron chi connectivity index (χ0n) is 13.8. The summed E-state index contributed by atoms with van der Waals surface area (Å²) >= 11 is 0. The van der Waals surface area contributed by atoms with Crippen molar-refractivity contribution in [1.82, 2.24) is 10.0 Å². The number of rotatable bonds is 6. The Morgan fingerprint density at radius 1 is 1.33 bits per heavy atom. The Morgan fingerprint density at radius 2 is 2.08 bits per heavy atom. The Hall–Kier alpha value is -0.860. The summed E-state index contributed by atoms with van der Waals surface area (Å²) in [5, 5.41) is 3.31. The first-order valence-electron chi connectivity index (χ1n) is 8.00. The van der Waals surface area contributed by atoms with Gasteiger partial charge in [-0.15, -0.1) is 12.4 Å². The van der Waals surface area contributed by atoms with E-state index < -0.39 is 10.0 Å². The standard InChI is InChI=1S/C16H24N2O4S.ClH/c1-21-12-16(5-7-17-8-6-16)11-18-23(19,20)14-2-3-15-13(10-14)4-9-22-15;/h2-3,10,17-18H,4-9,11-12H2,1H3;1H.